The highest BCUT2D eigenvalue weighted by Crippen LogP contribution is 2.42. The third-order valence-electron chi connectivity index (χ3n) is 7.08. The van der Waals surface area contributed by atoms with E-state index in [9.17, 15) is 29.1 Å². The second-order valence-corrected chi connectivity index (χ2v) is 10.5. The van der Waals surface area contributed by atoms with Crippen molar-refractivity contribution in [1.82, 2.24) is 42.0 Å². The van der Waals surface area contributed by atoms with E-state index in [1.54, 1.807) is 32.0 Å². The summed E-state index contributed by atoms with van der Waals surface area (Å²) >= 11 is 0. The molecule has 43 heavy (non-hydrogen) atoms. The zero-order chi connectivity index (χ0) is 31.1. The summed E-state index contributed by atoms with van der Waals surface area (Å²) in [5.41, 5.74) is 5.97. The molecule has 1 aromatic heterocycles. The number of nitrogens with one attached hydrogen (secondary N) is 5. The van der Waals surface area contributed by atoms with E-state index in [0.717, 1.165) is 11.6 Å². The smallest absolute Gasteiger partial charge is 0.332 e. The quantitative estimate of drug-likeness (QED) is 0.103. The zero-order valence-corrected chi connectivity index (χ0v) is 23.4. The third-order valence-corrected chi connectivity index (χ3v) is 7.08. The Balaban J connectivity index is 1.52. The van der Waals surface area contributed by atoms with Crippen molar-refractivity contribution in [2.45, 2.75) is 50.7 Å². The molecule has 4 rings (SSSR count). The highest BCUT2D eigenvalue weighted by atomic mass is 16.4. The summed E-state index contributed by atoms with van der Waals surface area (Å²) in [5, 5.41) is 36.4. The fourth-order valence-corrected chi connectivity index (χ4v) is 4.70. The van der Waals surface area contributed by atoms with Crippen molar-refractivity contribution in [1.29, 1.82) is 0 Å². The van der Waals surface area contributed by atoms with Gasteiger partial charge in [-0.05, 0) is 35.6 Å². The number of carboxylic acid groups (broad SMARTS) is 1. The van der Waals surface area contributed by atoms with Crippen LogP contribution in [0, 0.1) is 11.8 Å². The lowest BCUT2D eigenvalue weighted by molar-refractivity contribution is -0.139. The number of aryl methyl sites for hydroxylation is 1. The van der Waals surface area contributed by atoms with Crippen molar-refractivity contribution in [2.24, 2.45) is 22.7 Å². The van der Waals surface area contributed by atoms with Crippen LogP contribution in [-0.2, 0) is 20.8 Å². The number of nitrogens with zero attached hydrogens (tertiary/aromatic N) is 4. The van der Waals surface area contributed by atoms with Gasteiger partial charge in [-0.1, -0.05) is 55.5 Å². The molecule has 4 atom stereocenters. The van der Waals surface area contributed by atoms with Gasteiger partial charge in [0.05, 0.1) is 17.7 Å². The van der Waals surface area contributed by atoms with E-state index in [4.69, 9.17) is 5.73 Å². The van der Waals surface area contributed by atoms with Crippen LogP contribution in [0.1, 0.15) is 42.9 Å². The van der Waals surface area contributed by atoms with Crippen LogP contribution in [0.4, 0.5) is 4.79 Å². The number of nitrogens with two attached hydrogens (primary N) is 1. The first-order valence-electron chi connectivity index (χ1n) is 13.5. The summed E-state index contributed by atoms with van der Waals surface area (Å²) in [6, 6.07) is 9.43. The van der Waals surface area contributed by atoms with Gasteiger partial charge in [0.2, 0.25) is 11.8 Å². The molecule has 2 unspecified atom stereocenters. The largest absolute Gasteiger partial charge is 0.481 e. The van der Waals surface area contributed by atoms with Crippen molar-refractivity contribution >= 4 is 46.7 Å². The molecular formula is C27H32N10O6. The number of benzene rings is 2. The number of carboxylic acids is 1. The van der Waals surface area contributed by atoms with Gasteiger partial charge >= 0.3 is 12.0 Å². The predicted octanol–water partition coefficient (Wildman–Crippen LogP) is -0.161. The van der Waals surface area contributed by atoms with Gasteiger partial charge in [0.25, 0.3) is 5.91 Å². The number of tetrazole rings is 1. The van der Waals surface area contributed by atoms with E-state index >= 15 is 0 Å². The van der Waals surface area contributed by atoms with Crippen molar-refractivity contribution in [2.75, 3.05) is 0 Å². The zero-order valence-electron chi connectivity index (χ0n) is 23.4. The summed E-state index contributed by atoms with van der Waals surface area (Å²) in [6.07, 6.45) is 1.40. The minimum Gasteiger partial charge on any atom is -0.481 e. The molecule has 0 bridgehead atoms. The van der Waals surface area contributed by atoms with Gasteiger partial charge in [-0.15, -0.1) is 10.2 Å². The molecule has 1 saturated carbocycles. The molecule has 0 radical (unpaired) electrons. The average molecular weight is 593 g/mol. The Morgan fingerprint density at radius 2 is 1.86 bits per heavy atom. The molecule has 0 spiro atoms. The number of hydrogen-bond donors (Lipinski definition) is 7. The van der Waals surface area contributed by atoms with Gasteiger partial charge in [-0.3, -0.25) is 19.2 Å². The number of carbonyl (C=O) groups excluding carboxylic acids is 4. The summed E-state index contributed by atoms with van der Waals surface area (Å²) in [6.45, 7) is 3.40. The number of hydrogen-bond acceptors (Lipinski definition) is 9. The highest BCUT2D eigenvalue weighted by molar-refractivity contribution is 6.08. The highest BCUT2D eigenvalue weighted by Gasteiger charge is 2.59. The number of urea groups is 1. The number of amides is 5. The molecule has 2 aromatic carbocycles. The normalized spacial score (nSPS) is 19.0. The molecule has 1 aliphatic rings. The molecule has 5 amide bonds. The first-order chi connectivity index (χ1) is 20.5. The van der Waals surface area contributed by atoms with Crippen LogP contribution in [0.5, 0.6) is 0 Å². The van der Waals surface area contributed by atoms with Crippen molar-refractivity contribution in [3.63, 3.8) is 0 Å². The topological polar surface area (TPSA) is 247 Å². The fourth-order valence-electron chi connectivity index (χ4n) is 4.70. The Morgan fingerprint density at radius 1 is 1.12 bits per heavy atom. The minimum atomic E-state index is -1.39. The van der Waals surface area contributed by atoms with Gasteiger partial charge < -0.3 is 26.8 Å². The van der Waals surface area contributed by atoms with Crippen LogP contribution in [0.2, 0.25) is 0 Å². The Hall–Kier alpha value is -5.41. The Bertz CT molecular complexity index is 1540. The number of aromatic amines is 1. The molecule has 8 N–H and O–H groups in total. The average Bonchev–Trinajstić information content (AvgIpc) is 3.41. The minimum absolute atomic E-state index is 0.0190. The lowest BCUT2D eigenvalue weighted by atomic mass is 10.0. The van der Waals surface area contributed by atoms with E-state index in [1.807, 2.05) is 29.7 Å². The number of hydrazone groups is 1. The van der Waals surface area contributed by atoms with E-state index in [0.29, 0.717) is 16.8 Å². The van der Waals surface area contributed by atoms with Crippen molar-refractivity contribution < 1.29 is 29.1 Å². The fraction of sp³-hybridized carbons (Fsp3) is 0.370. The summed E-state index contributed by atoms with van der Waals surface area (Å²) in [4.78, 5) is 63.0. The number of aliphatic carboxylic acids is 1. The first kappa shape index (κ1) is 30.5. The number of rotatable bonds is 13. The first-order valence-corrected chi connectivity index (χ1v) is 13.5. The number of fused-ring (bicyclic) bond motifs is 1. The van der Waals surface area contributed by atoms with Gasteiger partial charge in [-0.25, -0.2) is 10.2 Å². The van der Waals surface area contributed by atoms with Crippen LogP contribution in [0.15, 0.2) is 47.6 Å². The van der Waals surface area contributed by atoms with Crippen molar-refractivity contribution in [3.8, 4) is 0 Å². The predicted molar refractivity (Wildman–Crippen MR) is 152 cm³/mol. The van der Waals surface area contributed by atoms with E-state index in [2.05, 4.69) is 41.7 Å². The molecule has 1 fully saturated rings. The Morgan fingerprint density at radius 3 is 2.51 bits per heavy atom. The number of carbonyl (C=O) groups is 5. The molecular weight excluding hydrogens is 560 g/mol. The van der Waals surface area contributed by atoms with Gasteiger partial charge in [0.1, 0.15) is 12.1 Å². The molecule has 3 aromatic rings. The van der Waals surface area contributed by atoms with Crippen molar-refractivity contribution in [3.05, 3.63) is 53.9 Å². The Kier molecular flexibility index (Phi) is 9.27. The molecule has 1 heterocycles. The standard InChI is InChI=1S/C27H32N10O6/c1-14(2)21(24(40)32-27(12-18(27)25(41)42)13-29-35-26(28)43)31-23(39)19(10-11-20-33-36-37-34-20)30-22(38)17-9-5-7-15-6-3-4-8-16(15)17/h3-9,13-14,18-19,21H,10-12H2,1-2H3,(H,30,38)(H,31,39)(H,32,40)(H,41,42)(H3,28,35,43)(H,33,34,36,37)/b29-13+/t18?,19-,21-,27?/m0/s1. The number of aromatic nitrogens is 4. The third kappa shape index (κ3) is 7.46. The van der Waals surface area contributed by atoms with E-state index in [1.165, 1.54) is 0 Å². The van der Waals surface area contributed by atoms with E-state index in [-0.39, 0.29) is 19.3 Å². The molecule has 1 aliphatic carbocycles. The number of primary amides is 1. The molecule has 0 aliphatic heterocycles. The number of H-pyrrole nitrogens is 1. The maximum Gasteiger partial charge on any atom is 0.332 e. The van der Waals surface area contributed by atoms with Gasteiger partial charge in [0.15, 0.2) is 5.82 Å². The monoisotopic (exact) mass is 592 g/mol. The van der Waals surface area contributed by atoms with E-state index < -0.39 is 59.2 Å². The van der Waals surface area contributed by atoms with Crippen LogP contribution < -0.4 is 27.1 Å². The Labute approximate surface area is 245 Å². The SMILES string of the molecule is CC(C)[C@H](NC(=O)[C@H](CCc1nn[nH]n1)NC(=O)c1cccc2ccccc12)C(=O)NC1(/C=N/NC(N)=O)CC1C(=O)O. The van der Waals surface area contributed by atoms with Crippen LogP contribution >= 0.6 is 0 Å². The maximum absolute atomic E-state index is 13.6. The summed E-state index contributed by atoms with van der Waals surface area (Å²) in [7, 11) is 0. The molecule has 0 saturated heterocycles. The summed E-state index contributed by atoms with van der Waals surface area (Å²) in [5.74, 6) is -4.08. The second-order valence-electron chi connectivity index (χ2n) is 10.5. The van der Waals surface area contributed by atoms with Crippen LogP contribution in [-0.4, -0.2) is 79.3 Å². The lowest BCUT2D eigenvalue weighted by Crippen LogP contribution is -2.57. The maximum atomic E-state index is 13.6. The molecule has 16 nitrogen and oxygen atoms in total. The second kappa shape index (κ2) is 13.1. The van der Waals surface area contributed by atoms with Crippen LogP contribution in [0.25, 0.3) is 10.8 Å². The molecule has 16 heteroatoms. The van der Waals surface area contributed by atoms with Gasteiger partial charge in [0, 0.05) is 12.0 Å². The lowest BCUT2D eigenvalue weighted by Gasteiger charge is -2.27. The van der Waals surface area contributed by atoms with Gasteiger partial charge in [-0.2, -0.15) is 10.3 Å². The summed E-state index contributed by atoms with van der Waals surface area (Å²) < 4.78 is 0. The van der Waals surface area contributed by atoms with Crippen LogP contribution in [0.3, 0.4) is 0 Å². The molecule has 226 valence electrons.